The van der Waals surface area contributed by atoms with Gasteiger partial charge in [-0.25, -0.2) is 9.18 Å². The Kier molecular flexibility index (Phi) is 2.37. The molecule has 4 nitrogen and oxygen atoms in total. The molecule has 1 aromatic rings. The van der Waals surface area contributed by atoms with Crippen molar-refractivity contribution in [1.29, 1.82) is 0 Å². The molecule has 2 N–H and O–H groups in total. The van der Waals surface area contributed by atoms with Gasteiger partial charge in [-0.2, -0.15) is 5.10 Å². The van der Waals surface area contributed by atoms with E-state index in [2.05, 4.69) is 10.5 Å². The van der Waals surface area contributed by atoms with Crippen LogP contribution in [0.4, 0.5) is 4.39 Å². The Morgan fingerprint density at radius 1 is 1.47 bits per heavy atom. The molecule has 0 fully saturated rings. The highest BCUT2D eigenvalue weighted by atomic mass is 19.1. The van der Waals surface area contributed by atoms with Crippen LogP contribution in [0.1, 0.15) is 12.0 Å². The zero-order valence-electron chi connectivity index (χ0n) is 7.77. The van der Waals surface area contributed by atoms with Gasteiger partial charge in [0.1, 0.15) is 11.9 Å². The summed E-state index contributed by atoms with van der Waals surface area (Å²) in [5.41, 5.74) is 3.90. The highest BCUT2D eigenvalue weighted by Gasteiger charge is 2.25. The van der Waals surface area contributed by atoms with Crippen LogP contribution in [0.25, 0.3) is 0 Å². The summed E-state index contributed by atoms with van der Waals surface area (Å²) in [6, 6.07) is 5.14. The maximum absolute atomic E-state index is 12.6. The fraction of sp³-hybridized carbons (Fsp3) is 0.200. The lowest BCUT2D eigenvalue weighted by molar-refractivity contribution is -0.139. The molecule has 0 spiro atoms. The van der Waals surface area contributed by atoms with E-state index in [1.54, 1.807) is 12.1 Å². The predicted molar refractivity (Wildman–Crippen MR) is 52.1 cm³/mol. The third-order valence-electron chi connectivity index (χ3n) is 2.23. The van der Waals surface area contributed by atoms with Crippen LogP contribution in [0.5, 0.6) is 0 Å². The molecule has 5 heteroatoms. The van der Waals surface area contributed by atoms with E-state index in [4.69, 9.17) is 5.11 Å². The molecule has 1 heterocycles. The van der Waals surface area contributed by atoms with Crippen LogP contribution in [0, 0.1) is 5.82 Å². The van der Waals surface area contributed by atoms with Crippen molar-refractivity contribution in [2.75, 3.05) is 0 Å². The summed E-state index contributed by atoms with van der Waals surface area (Å²) in [5, 5.41) is 12.6. The van der Waals surface area contributed by atoms with Crippen molar-refractivity contribution < 1.29 is 14.3 Å². The summed E-state index contributed by atoms with van der Waals surface area (Å²) in [7, 11) is 0. The van der Waals surface area contributed by atoms with Gasteiger partial charge in [0.25, 0.3) is 0 Å². The number of carboxylic acid groups (broad SMARTS) is 1. The lowest BCUT2D eigenvalue weighted by Gasteiger charge is -2.01. The van der Waals surface area contributed by atoms with Gasteiger partial charge in [0, 0.05) is 6.42 Å². The number of carbonyl (C=O) groups is 1. The van der Waals surface area contributed by atoms with Crippen LogP contribution in [0.3, 0.4) is 0 Å². The van der Waals surface area contributed by atoms with Crippen molar-refractivity contribution in [3.63, 3.8) is 0 Å². The number of nitrogens with zero attached hydrogens (tertiary/aromatic N) is 1. The number of hydrogen-bond donors (Lipinski definition) is 2. The smallest absolute Gasteiger partial charge is 0.328 e. The summed E-state index contributed by atoms with van der Waals surface area (Å²) in [5.74, 6) is -1.25. The average molecular weight is 208 g/mol. The number of halogens is 1. The molecule has 0 radical (unpaired) electrons. The topological polar surface area (TPSA) is 61.7 Å². The van der Waals surface area contributed by atoms with E-state index in [1.807, 2.05) is 0 Å². The Hall–Kier alpha value is -1.91. The zero-order chi connectivity index (χ0) is 10.8. The van der Waals surface area contributed by atoms with Crippen LogP contribution in [-0.2, 0) is 4.79 Å². The van der Waals surface area contributed by atoms with Gasteiger partial charge in [-0.1, -0.05) is 12.1 Å². The van der Waals surface area contributed by atoms with Gasteiger partial charge >= 0.3 is 5.97 Å². The van der Waals surface area contributed by atoms with Crippen LogP contribution in [0.15, 0.2) is 29.4 Å². The fourth-order valence-corrected chi connectivity index (χ4v) is 1.41. The summed E-state index contributed by atoms with van der Waals surface area (Å²) >= 11 is 0. The number of nitrogens with one attached hydrogen (secondary N) is 1. The Bertz CT molecular complexity index is 414. The maximum Gasteiger partial charge on any atom is 0.328 e. The van der Waals surface area contributed by atoms with E-state index < -0.39 is 12.0 Å². The molecule has 0 amide bonds. The summed E-state index contributed by atoms with van der Waals surface area (Å²) in [4.78, 5) is 10.6. The van der Waals surface area contributed by atoms with Gasteiger partial charge in [0.2, 0.25) is 0 Å². The van der Waals surface area contributed by atoms with Gasteiger partial charge in [-0.3, -0.25) is 5.43 Å². The lowest BCUT2D eigenvalue weighted by atomic mass is 10.0. The Labute approximate surface area is 85.4 Å². The standard InChI is InChI=1S/C10H9FN2O2/c11-7-3-1-6(2-4-7)8-5-9(10(14)15)13-12-8/h1-4,9,13H,5H2,(H,14,15). The normalized spacial score (nSPS) is 19.5. The van der Waals surface area contributed by atoms with Gasteiger partial charge in [0.05, 0.1) is 5.71 Å². The molecule has 1 aliphatic heterocycles. The summed E-state index contributed by atoms with van der Waals surface area (Å²) in [6.45, 7) is 0. The zero-order valence-corrected chi connectivity index (χ0v) is 7.77. The van der Waals surface area contributed by atoms with E-state index in [-0.39, 0.29) is 5.82 Å². The molecule has 78 valence electrons. The Morgan fingerprint density at radius 3 is 2.67 bits per heavy atom. The van der Waals surface area contributed by atoms with E-state index in [0.29, 0.717) is 12.1 Å². The van der Waals surface area contributed by atoms with Crippen molar-refractivity contribution in [3.05, 3.63) is 35.6 Å². The van der Waals surface area contributed by atoms with Gasteiger partial charge in [-0.05, 0) is 17.7 Å². The first kappa shape index (κ1) is 9.64. The molecule has 0 saturated carbocycles. The number of benzene rings is 1. The van der Waals surface area contributed by atoms with Crippen molar-refractivity contribution in [2.45, 2.75) is 12.5 Å². The molecule has 1 aromatic carbocycles. The molecule has 1 aliphatic rings. The molecule has 2 rings (SSSR count). The van der Waals surface area contributed by atoms with E-state index in [9.17, 15) is 9.18 Å². The second-order valence-corrected chi connectivity index (χ2v) is 3.29. The Morgan fingerprint density at radius 2 is 2.13 bits per heavy atom. The molecule has 0 aliphatic carbocycles. The lowest BCUT2D eigenvalue weighted by Crippen LogP contribution is -2.29. The SMILES string of the molecule is O=C(O)C1CC(c2ccc(F)cc2)=NN1. The quantitative estimate of drug-likeness (QED) is 0.761. The van der Waals surface area contributed by atoms with Crippen LogP contribution >= 0.6 is 0 Å². The summed E-state index contributed by atoms with van der Waals surface area (Å²) in [6.07, 6.45) is 0.320. The highest BCUT2D eigenvalue weighted by molar-refractivity contribution is 6.04. The highest BCUT2D eigenvalue weighted by Crippen LogP contribution is 2.12. The second kappa shape index (κ2) is 3.68. The van der Waals surface area contributed by atoms with E-state index in [0.717, 1.165) is 5.56 Å². The molecular weight excluding hydrogens is 199 g/mol. The Balaban J connectivity index is 2.14. The largest absolute Gasteiger partial charge is 0.480 e. The molecule has 1 unspecified atom stereocenters. The second-order valence-electron chi connectivity index (χ2n) is 3.29. The number of aliphatic carboxylic acids is 1. The van der Waals surface area contributed by atoms with Gasteiger partial charge < -0.3 is 5.11 Å². The van der Waals surface area contributed by atoms with Crippen molar-refractivity contribution >= 4 is 11.7 Å². The first-order valence-corrected chi connectivity index (χ1v) is 4.47. The van der Waals surface area contributed by atoms with Crippen molar-refractivity contribution in [1.82, 2.24) is 5.43 Å². The van der Waals surface area contributed by atoms with Gasteiger partial charge in [0.15, 0.2) is 0 Å². The predicted octanol–water partition coefficient (Wildman–Crippen LogP) is 0.976. The minimum atomic E-state index is -0.934. The fourth-order valence-electron chi connectivity index (χ4n) is 1.41. The third kappa shape index (κ3) is 1.96. The first-order valence-electron chi connectivity index (χ1n) is 4.47. The van der Waals surface area contributed by atoms with Crippen LogP contribution in [-0.4, -0.2) is 22.8 Å². The van der Waals surface area contributed by atoms with Crippen molar-refractivity contribution in [2.24, 2.45) is 5.10 Å². The van der Waals surface area contributed by atoms with Crippen molar-refractivity contribution in [3.8, 4) is 0 Å². The third-order valence-corrected chi connectivity index (χ3v) is 2.23. The number of rotatable bonds is 2. The monoisotopic (exact) mass is 208 g/mol. The number of hydrazone groups is 1. The molecular formula is C10H9FN2O2. The molecule has 0 bridgehead atoms. The molecule has 1 atom stereocenters. The van der Waals surface area contributed by atoms with Crippen LogP contribution < -0.4 is 5.43 Å². The minimum Gasteiger partial charge on any atom is -0.480 e. The number of carboxylic acids is 1. The van der Waals surface area contributed by atoms with E-state index in [1.165, 1.54) is 12.1 Å². The average Bonchev–Trinajstić information content (AvgIpc) is 2.68. The van der Waals surface area contributed by atoms with E-state index >= 15 is 0 Å². The van der Waals surface area contributed by atoms with Gasteiger partial charge in [-0.15, -0.1) is 0 Å². The molecule has 15 heavy (non-hydrogen) atoms. The first-order chi connectivity index (χ1) is 7.16. The molecule has 0 aromatic heterocycles. The molecule has 0 saturated heterocycles. The summed E-state index contributed by atoms with van der Waals surface area (Å²) < 4.78 is 12.6. The maximum atomic E-state index is 12.6. The van der Waals surface area contributed by atoms with Crippen LogP contribution in [0.2, 0.25) is 0 Å². The number of hydrogen-bond acceptors (Lipinski definition) is 3. The minimum absolute atomic E-state index is 0.319.